The van der Waals surface area contributed by atoms with E-state index in [0.717, 1.165) is 46.6 Å². The van der Waals surface area contributed by atoms with E-state index in [1.54, 1.807) is 0 Å². The molecular formula is C28H35N3O6. The maximum Gasteiger partial charge on any atom is 0.408 e. The number of amides is 1. The van der Waals surface area contributed by atoms with Crippen LogP contribution in [0.4, 0.5) is 4.79 Å². The monoisotopic (exact) mass is 509 g/mol. The summed E-state index contributed by atoms with van der Waals surface area (Å²) in [6.45, 7) is 11.4. The molecule has 0 radical (unpaired) electrons. The molecule has 0 saturated carbocycles. The van der Waals surface area contributed by atoms with Crippen molar-refractivity contribution < 1.29 is 28.2 Å². The molecule has 1 amide bonds. The van der Waals surface area contributed by atoms with E-state index in [-0.39, 0.29) is 12.5 Å². The van der Waals surface area contributed by atoms with Gasteiger partial charge < -0.3 is 28.7 Å². The molecule has 37 heavy (non-hydrogen) atoms. The van der Waals surface area contributed by atoms with Gasteiger partial charge in [-0.2, -0.15) is 0 Å². The summed E-state index contributed by atoms with van der Waals surface area (Å²) in [5, 5.41) is 11.3. The molecule has 2 aromatic carbocycles. The fourth-order valence-corrected chi connectivity index (χ4v) is 3.95. The average Bonchev–Trinajstić information content (AvgIpc) is 3.34. The normalized spacial score (nSPS) is 13.8. The second kappa shape index (κ2) is 11.6. The van der Waals surface area contributed by atoms with E-state index in [4.69, 9.17) is 23.4 Å². The van der Waals surface area contributed by atoms with Crippen molar-refractivity contribution in [2.45, 2.75) is 59.1 Å². The first kappa shape index (κ1) is 26.5. The third-order valence-corrected chi connectivity index (χ3v) is 5.77. The van der Waals surface area contributed by atoms with Crippen LogP contribution in [0.2, 0.25) is 0 Å². The summed E-state index contributed by atoms with van der Waals surface area (Å²) < 4.78 is 28.7. The van der Waals surface area contributed by atoms with Crippen molar-refractivity contribution in [3.05, 3.63) is 47.9 Å². The van der Waals surface area contributed by atoms with Crippen LogP contribution in [0.3, 0.4) is 0 Å². The Labute approximate surface area is 217 Å². The van der Waals surface area contributed by atoms with Gasteiger partial charge in [0.15, 0.2) is 11.5 Å². The SMILES string of the molecule is CCCCOCC(NC(=O)OC(C)(C)C)c1nnc(-c2cccc(-c3ccc4c(c3)OCCO4)c2C)o1. The maximum atomic E-state index is 12.5. The van der Waals surface area contributed by atoms with Crippen LogP contribution in [0, 0.1) is 6.92 Å². The van der Waals surface area contributed by atoms with Crippen molar-refractivity contribution in [3.63, 3.8) is 0 Å². The number of aromatic nitrogens is 2. The molecule has 1 aromatic heterocycles. The Morgan fingerprint density at radius 2 is 1.84 bits per heavy atom. The Hall–Kier alpha value is -3.59. The highest BCUT2D eigenvalue weighted by Crippen LogP contribution is 2.37. The molecule has 9 heteroatoms. The van der Waals surface area contributed by atoms with Crippen LogP contribution in [0.5, 0.6) is 11.5 Å². The van der Waals surface area contributed by atoms with Gasteiger partial charge >= 0.3 is 6.09 Å². The van der Waals surface area contributed by atoms with Crippen molar-refractivity contribution in [3.8, 4) is 34.1 Å². The number of fused-ring (bicyclic) bond motifs is 1. The number of alkyl carbamates (subject to hydrolysis) is 1. The van der Waals surface area contributed by atoms with Gasteiger partial charge in [-0.3, -0.25) is 0 Å². The maximum absolute atomic E-state index is 12.5. The van der Waals surface area contributed by atoms with Crippen LogP contribution in [0.1, 0.15) is 58.0 Å². The second-order valence-corrected chi connectivity index (χ2v) is 9.91. The largest absolute Gasteiger partial charge is 0.486 e. The molecule has 3 aromatic rings. The average molecular weight is 510 g/mol. The van der Waals surface area contributed by atoms with Crippen molar-refractivity contribution in [2.24, 2.45) is 0 Å². The number of nitrogens with zero attached hydrogens (tertiary/aromatic N) is 2. The molecule has 0 saturated heterocycles. The fourth-order valence-electron chi connectivity index (χ4n) is 3.95. The molecule has 1 aliphatic heterocycles. The van der Waals surface area contributed by atoms with Gasteiger partial charge in [0.1, 0.15) is 24.9 Å². The summed E-state index contributed by atoms with van der Waals surface area (Å²) in [5.74, 6) is 2.08. The molecule has 2 heterocycles. The molecule has 9 nitrogen and oxygen atoms in total. The second-order valence-electron chi connectivity index (χ2n) is 9.91. The van der Waals surface area contributed by atoms with E-state index in [1.165, 1.54) is 0 Å². The van der Waals surface area contributed by atoms with Gasteiger partial charge in [-0.1, -0.05) is 31.5 Å². The van der Waals surface area contributed by atoms with Gasteiger partial charge in [-0.25, -0.2) is 4.79 Å². The zero-order chi connectivity index (χ0) is 26.4. The van der Waals surface area contributed by atoms with E-state index in [9.17, 15) is 4.79 Å². The van der Waals surface area contributed by atoms with Crippen molar-refractivity contribution in [1.82, 2.24) is 15.5 Å². The Morgan fingerprint density at radius 3 is 2.59 bits per heavy atom. The van der Waals surface area contributed by atoms with E-state index < -0.39 is 17.7 Å². The molecule has 198 valence electrons. The summed E-state index contributed by atoms with van der Waals surface area (Å²) >= 11 is 0. The number of unbranched alkanes of at least 4 members (excludes halogenated alkanes) is 1. The van der Waals surface area contributed by atoms with Gasteiger partial charge in [-0.15, -0.1) is 10.2 Å². The number of hydrogen-bond donors (Lipinski definition) is 1. The van der Waals surface area contributed by atoms with E-state index in [2.05, 4.69) is 22.4 Å². The van der Waals surface area contributed by atoms with Gasteiger partial charge in [-0.05, 0) is 69.0 Å². The highest BCUT2D eigenvalue weighted by atomic mass is 16.6. The lowest BCUT2D eigenvalue weighted by Gasteiger charge is -2.22. The topological polar surface area (TPSA) is 105 Å². The first-order chi connectivity index (χ1) is 17.7. The summed E-state index contributed by atoms with van der Waals surface area (Å²) in [6, 6.07) is 11.2. The number of carbonyl (C=O) groups is 1. The van der Waals surface area contributed by atoms with Crippen molar-refractivity contribution >= 4 is 6.09 Å². The first-order valence-electron chi connectivity index (χ1n) is 12.7. The summed E-state index contributed by atoms with van der Waals surface area (Å²) in [5.41, 5.74) is 3.15. The zero-order valence-electron chi connectivity index (χ0n) is 22.1. The van der Waals surface area contributed by atoms with Gasteiger partial charge in [0.2, 0.25) is 11.8 Å². The predicted octanol–water partition coefficient (Wildman–Crippen LogP) is 5.87. The fraction of sp³-hybridized carbons (Fsp3) is 0.464. The number of rotatable bonds is 9. The lowest BCUT2D eigenvalue weighted by atomic mass is 9.96. The van der Waals surface area contributed by atoms with Gasteiger partial charge in [0.25, 0.3) is 0 Å². The predicted molar refractivity (Wildman–Crippen MR) is 139 cm³/mol. The molecule has 1 unspecified atom stereocenters. The molecule has 0 spiro atoms. The quantitative estimate of drug-likeness (QED) is 0.357. The summed E-state index contributed by atoms with van der Waals surface area (Å²) in [7, 11) is 0. The number of carbonyl (C=O) groups excluding carboxylic acids is 1. The van der Waals surface area contributed by atoms with Crippen molar-refractivity contribution in [1.29, 1.82) is 0 Å². The van der Waals surface area contributed by atoms with Crippen LogP contribution >= 0.6 is 0 Å². The first-order valence-corrected chi connectivity index (χ1v) is 12.7. The van der Waals surface area contributed by atoms with Gasteiger partial charge in [0.05, 0.1) is 6.61 Å². The number of hydrogen-bond acceptors (Lipinski definition) is 8. The van der Waals surface area contributed by atoms with Crippen LogP contribution in [0.15, 0.2) is 40.8 Å². The molecule has 1 atom stereocenters. The molecule has 0 aliphatic carbocycles. The van der Waals surface area contributed by atoms with Crippen LogP contribution < -0.4 is 14.8 Å². The Balaban J connectivity index is 1.58. The number of nitrogens with one attached hydrogen (secondary N) is 1. The summed E-state index contributed by atoms with van der Waals surface area (Å²) in [4.78, 5) is 12.5. The third-order valence-electron chi connectivity index (χ3n) is 5.77. The molecule has 0 fully saturated rings. The minimum Gasteiger partial charge on any atom is -0.486 e. The molecule has 4 rings (SSSR count). The van der Waals surface area contributed by atoms with Gasteiger partial charge in [0, 0.05) is 12.2 Å². The van der Waals surface area contributed by atoms with E-state index in [1.807, 2.05) is 64.1 Å². The molecule has 1 N–H and O–H groups in total. The standard InChI is InChI=1S/C28H35N3O6/c1-6-7-13-33-17-22(29-27(32)37-28(3,4)5)26-31-30-25(36-26)21-10-8-9-20(18(21)2)19-11-12-23-24(16-19)35-15-14-34-23/h8-12,16,22H,6-7,13-15,17H2,1-5H3,(H,29,32). The van der Waals surface area contributed by atoms with Crippen molar-refractivity contribution in [2.75, 3.05) is 26.4 Å². The highest BCUT2D eigenvalue weighted by Gasteiger charge is 2.26. The van der Waals surface area contributed by atoms with Crippen LogP contribution in [-0.2, 0) is 9.47 Å². The third kappa shape index (κ3) is 6.80. The summed E-state index contributed by atoms with van der Waals surface area (Å²) in [6.07, 6.45) is 1.35. The minimum absolute atomic E-state index is 0.192. The molecule has 0 bridgehead atoms. The lowest BCUT2D eigenvalue weighted by molar-refractivity contribution is 0.0418. The van der Waals surface area contributed by atoms with Crippen LogP contribution in [0.25, 0.3) is 22.6 Å². The zero-order valence-corrected chi connectivity index (χ0v) is 22.1. The van der Waals surface area contributed by atoms with Crippen LogP contribution in [-0.4, -0.2) is 48.3 Å². The lowest BCUT2D eigenvalue weighted by Crippen LogP contribution is -2.37. The molecule has 1 aliphatic rings. The Morgan fingerprint density at radius 1 is 1.08 bits per heavy atom. The minimum atomic E-state index is -0.644. The highest BCUT2D eigenvalue weighted by molar-refractivity contribution is 5.76. The Kier molecular flexibility index (Phi) is 8.33. The number of ether oxygens (including phenoxy) is 4. The van der Waals surface area contributed by atoms with E-state index >= 15 is 0 Å². The molecular weight excluding hydrogens is 474 g/mol. The Bertz CT molecular complexity index is 1220. The van der Waals surface area contributed by atoms with E-state index in [0.29, 0.717) is 25.7 Å². The number of benzene rings is 2. The smallest absolute Gasteiger partial charge is 0.408 e.